The minimum atomic E-state index is -0.382. The zero-order valence-corrected chi connectivity index (χ0v) is 21.9. The molecule has 0 spiro atoms. The first-order chi connectivity index (χ1) is 17.5. The van der Waals surface area contributed by atoms with Gasteiger partial charge in [-0.1, -0.05) is 17.8 Å². The number of benzene rings is 1. The molecule has 190 valence electrons. The number of methoxy groups -OCH3 is 1. The topological polar surface area (TPSA) is 105 Å². The Labute approximate surface area is 217 Å². The number of nitrogens with one attached hydrogen (secondary N) is 1. The quantitative estimate of drug-likeness (QED) is 0.208. The van der Waals surface area contributed by atoms with Crippen LogP contribution in [0.3, 0.4) is 0 Å². The predicted octanol–water partition coefficient (Wildman–Crippen LogP) is 4.51. The van der Waals surface area contributed by atoms with Crippen molar-refractivity contribution in [1.29, 1.82) is 0 Å². The largest absolute Gasteiger partial charge is 0.497 e. The smallest absolute Gasteiger partial charge is 0.341 e. The first-order valence-electron chi connectivity index (χ1n) is 11.6. The fourth-order valence-electron chi connectivity index (χ4n) is 3.87. The number of carbonyl (C=O) groups is 2. The fourth-order valence-corrected chi connectivity index (χ4v) is 5.93. The summed E-state index contributed by atoms with van der Waals surface area (Å²) < 4.78 is 18.1. The third kappa shape index (κ3) is 5.90. The average molecular weight is 529 g/mol. The molecular formula is C25H28N4O5S2. The van der Waals surface area contributed by atoms with Crippen LogP contribution in [0.1, 0.15) is 40.0 Å². The number of aromatic nitrogens is 3. The van der Waals surface area contributed by atoms with E-state index in [2.05, 4.69) is 22.1 Å². The van der Waals surface area contributed by atoms with E-state index in [-0.39, 0.29) is 30.8 Å². The summed E-state index contributed by atoms with van der Waals surface area (Å²) in [5.41, 5.74) is 1.51. The molecule has 2 heterocycles. The van der Waals surface area contributed by atoms with Crippen molar-refractivity contribution in [2.45, 2.75) is 44.5 Å². The van der Waals surface area contributed by atoms with Crippen LogP contribution in [-0.4, -0.2) is 46.1 Å². The van der Waals surface area contributed by atoms with Crippen LogP contribution < -0.4 is 14.8 Å². The van der Waals surface area contributed by atoms with E-state index < -0.39 is 0 Å². The summed E-state index contributed by atoms with van der Waals surface area (Å²) in [5, 5.41) is 12.5. The summed E-state index contributed by atoms with van der Waals surface area (Å²) in [6, 6.07) is 7.27. The van der Waals surface area contributed by atoms with Crippen LogP contribution >= 0.6 is 23.1 Å². The molecule has 1 aromatic carbocycles. The average Bonchev–Trinajstić information content (AvgIpc) is 3.57. The second-order valence-corrected chi connectivity index (χ2v) is 9.93. The second kappa shape index (κ2) is 12.1. The number of ether oxygens (including phenoxy) is 3. The number of hydrogen-bond acceptors (Lipinski definition) is 9. The number of esters is 1. The lowest BCUT2D eigenvalue weighted by Crippen LogP contribution is -2.17. The third-order valence-electron chi connectivity index (χ3n) is 5.52. The molecule has 9 nitrogen and oxygen atoms in total. The first-order valence-corrected chi connectivity index (χ1v) is 13.4. The van der Waals surface area contributed by atoms with Crippen molar-refractivity contribution in [2.75, 3.05) is 24.8 Å². The molecule has 1 amide bonds. The minimum absolute atomic E-state index is 0.111. The molecule has 11 heteroatoms. The molecule has 1 aliphatic rings. The number of rotatable bonds is 12. The van der Waals surface area contributed by atoms with E-state index in [0.29, 0.717) is 33.8 Å². The van der Waals surface area contributed by atoms with Crippen molar-refractivity contribution in [3.63, 3.8) is 0 Å². The van der Waals surface area contributed by atoms with Gasteiger partial charge in [0.2, 0.25) is 5.91 Å². The van der Waals surface area contributed by atoms with Crippen molar-refractivity contribution < 1.29 is 23.8 Å². The van der Waals surface area contributed by atoms with E-state index in [1.54, 1.807) is 20.1 Å². The van der Waals surface area contributed by atoms with Gasteiger partial charge in [0.25, 0.3) is 0 Å². The molecule has 0 radical (unpaired) electrons. The van der Waals surface area contributed by atoms with Crippen LogP contribution in [0.5, 0.6) is 11.5 Å². The van der Waals surface area contributed by atoms with Crippen LogP contribution in [0.15, 0.2) is 42.1 Å². The van der Waals surface area contributed by atoms with Gasteiger partial charge in [0, 0.05) is 11.4 Å². The maximum Gasteiger partial charge on any atom is 0.341 e. The number of carbonyl (C=O) groups excluding carboxylic acids is 2. The fraction of sp³-hybridized carbons (Fsp3) is 0.360. The molecule has 1 N–H and O–H groups in total. The van der Waals surface area contributed by atoms with Gasteiger partial charge in [-0.15, -0.1) is 28.1 Å². The van der Waals surface area contributed by atoms with Crippen molar-refractivity contribution in [3.05, 3.63) is 58.7 Å². The van der Waals surface area contributed by atoms with Gasteiger partial charge in [-0.3, -0.25) is 9.36 Å². The Kier molecular flexibility index (Phi) is 8.65. The van der Waals surface area contributed by atoms with Crippen LogP contribution in [0.4, 0.5) is 5.00 Å². The predicted molar refractivity (Wildman–Crippen MR) is 139 cm³/mol. The van der Waals surface area contributed by atoms with Gasteiger partial charge in [0.15, 0.2) is 11.0 Å². The Balaban J connectivity index is 1.39. The Hall–Kier alpha value is -3.31. The summed E-state index contributed by atoms with van der Waals surface area (Å²) in [5.74, 6) is 1.54. The summed E-state index contributed by atoms with van der Waals surface area (Å²) in [4.78, 5) is 26.5. The zero-order chi connectivity index (χ0) is 25.5. The van der Waals surface area contributed by atoms with Crippen LogP contribution in [0.25, 0.3) is 0 Å². The number of nitrogens with zero attached hydrogens (tertiary/aromatic N) is 3. The summed E-state index contributed by atoms with van der Waals surface area (Å²) in [6.45, 7) is 6.56. The van der Waals surface area contributed by atoms with E-state index in [9.17, 15) is 9.59 Å². The molecule has 0 saturated carbocycles. The highest BCUT2D eigenvalue weighted by Crippen LogP contribution is 2.39. The van der Waals surface area contributed by atoms with Gasteiger partial charge in [0.05, 0.1) is 25.0 Å². The van der Waals surface area contributed by atoms with Gasteiger partial charge >= 0.3 is 5.97 Å². The summed E-state index contributed by atoms with van der Waals surface area (Å²) in [7, 11) is 1.61. The van der Waals surface area contributed by atoms with Gasteiger partial charge in [-0.05, 0) is 56.0 Å². The van der Waals surface area contributed by atoms with Gasteiger partial charge in [-0.2, -0.15) is 0 Å². The van der Waals surface area contributed by atoms with Crippen molar-refractivity contribution >= 4 is 40.0 Å². The SMILES string of the molecule is C=CCn1c(COc2ccc(OC)cc2)nnc1SCC(=O)Nc1sc2c(c1C(=O)OCC)CCC2. The Morgan fingerprint density at radius 2 is 2.00 bits per heavy atom. The lowest BCUT2D eigenvalue weighted by Gasteiger charge is -2.10. The standard InChI is InChI=1S/C25H28N4O5S2/c1-4-13-29-20(14-34-17-11-9-16(32-3)10-12-17)27-28-25(29)35-15-21(30)26-23-22(24(31)33-5-2)18-7-6-8-19(18)36-23/h4,9-12H,1,5-8,13-15H2,2-3H3,(H,26,30). The molecule has 4 rings (SSSR count). The first kappa shape index (κ1) is 25.8. The minimum Gasteiger partial charge on any atom is -0.497 e. The normalized spacial score (nSPS) is 12.2. The number of thiophene rings is 1. The maximum atomic E-state index is 12.8. The van der Waals surface area contributed by atoms with Crippen LogP contribution in [0, 0.1) is 0 Å². The maximum absolute atomic E-state index is 12.8. The molecule has 0 fully saturated rings. The molecule has 0 unspecified atom stereocenters. The zero-order valence-electron chi connectivity index (χ0n) is 20.2. The number of anilines is 1. The Morgan fingerprint density at radius 3 is 2.72 bits per heavy atom. The molecule has 3 aromatic rings. The van der Waals surface area contributed by atoms with Crippen LogP contribution in [-0.2, 0) is 35.5 Å². The van der Waals surface area contributed by atoms with E-state index in [1.807, 2.05) is 28.8 Å². The third-order valence-corrected chi connectivity index (χ3v) is 7.69. The molecule has 0 atom stereocenters. The van der Waals surface area contributed by atoms with E-state index >= 15 is 0 Å². The van der Waals surface area contributed by atoms with Crippen molar-refractivity contribution in [1.82, 2.24) is 14.8 Å². The molecule has 0 saturated heterocycles. The lowest BCUT2D eigenvalue weighted by atomic mass is 10.1. The van der Waals surface area contributed by atoms with E-state index in [0.717, 1.165) is 35.5 Å². The van der Waals surface area contributed by atoms with Gasteiger partial charge < -0.3 is 19.5 Å². The molecule has 2 aromatic heterocycles. The molecule has 36 heavy (non-hydrogen) atoms. The highest BCUT2D eigenvalue weighted by molar-refractivity contribution is 7.99. The molecular weight excluding hydrogens is 500 g/mol. The van der Waals surface area contributed by atoms with Crippen LogP contribution in [0.2, 0.25) is 0 Å². The second-order valence-electron chi connectivity index (χ2n) is 7.88. The number of fused-ring (bicyclic) bond motifs is 1. The molecule has 0 aliphatic heterocycles. The van der Waals surface area contributed by atoms with Crippen molar-refractivity contribution in [3.8, 4) is 11.5 Å². The van der Waals surface area contributed by atoms with Crippen molar-refractivity contribution in [2.24, 2.45) is 0 Å². The number of aryl methyl sites for hydroxylation is 1. The summed E-state index contributed by atoms with van der Waals surface area (Å²) >= 11 is 2.73. The summed E-state index contributed by atoms with van der Waals surface area (Å²) in [6.07, 6.45) is 4.50. The van der Waals surface area contributed by atoms with Gasteiger partial charge in [0.1, 0.15) is 23.1 Å². The molecule has 0 bridgehead atoms. The van der Waals surface area contributed by atoms with E-state index in [1.165, 1.54) is 23.1 Å². The number of allylic oxidation sites excluding steroid dienone is 1. The highest BCUT2D eigenvalue weighted by Gasteiger charge is 2.28. The highest BCUT2D eigenvalue weighted by atomic mass is 32.2. The monoisotopic (exact) mass is 528 g/mol. The number of hydrogen-bond donors (Lipinski definition) is 1. The number of thioether (sulfide) groups is 1. The van der Waals surface area contributed by atoms with Gasteiger partial charge in [-0.25, -0.2) is 4.79 Å². The van der Waals surface area contributed by atoms with E-state index in [4.69, 9.17) is 14.2 Å². The number of amides is 1. The Morgan fingerprint density at radius 1 is 1.22 bits per heavy atom. The molecule has 1 aliphatic carbocycles. The Bertz CT molecular complexity index is 1240. The lowest BCUT2D eigenvalue weighted by molar-refractivity contribution is -0.113.